The zero-order valence-electron chi connectivity index (χ0n) is 15.1. The highest BCUT2D eigenvalue weighted by Crippen LogP contribution is 2.33. The first-order valence-electron chi connectivity index (χ1n) is 9.99. The Kier molecular flexibility index (Phi) is 8.21. The number of likely N-dealkylation sites (tertiary alicyclic amines) is 1. The number of nitrogens with zero attached hydrogens (tertiary/aromatic N) is 1. The van der Waals surface area contributed by atoms with Crippen LogP contribution in [0.5, 0.6) is 0 Å². The number of hydrogen-bond acceptors (Lipinski definition) is 2. The van der Waals surface area contributed by atoms with Gasteiger partial charge in [0.15, 0.2) is 0 Å². The van der Waals surface area contributed by atoms with Crippen LogP contribution in [0.15, 0.2) is 0 Å². The van der Waals surface area contributed by atoms with Crippen molar-refractivity contribution >= 4 is 6.03 Å². The fraction of sp³-hybridized carbons (Fsp3) is 0.947. The summed E-state index contributed by atoms with van der Waals surface area (Å²) in [5.74, 6) is 1.43. The third kappa shape index (κ3) is 5.98. The number of unbranched alkanes of at least 4 members (excludes halogenated alkanes) is 1. The van der Waals surface area contributed by atoms with E-state index in [-0.39, 0.29) is 6.03 Å². The topological polar surface area (TPSA) is 58.4 Å². The van der Waals surface area contributed by atoms with Gasteiger partial charge in [-0.2, -0.15) is 0 Å². The Morgan fingerprint density at radius 2 is 1.91 bits per heavy atom. The quantitative estimate of drug-likeness (QED) is 0.666. The molecule has 23 heavy (non-hydrogen) atoms. The maximum Gasteiger partial charge on any atom is 0.315 e. The van der Waals surface area contributed by atoms with Crippen molar-refractivity contribution in [3.63, 3.8) is 0 Å². The monoisotopic (exact) mass is 323 g/mol. The maximum absolute atomic E-state index is 11.9. The summed E-state index contributed by atoms with van der Waals surface area (Å²) in [4.78, 5) is 13.8. The van der Waals surface area contributed by atoms with Crippen molar-refractivity contribution in [1.29, 1.82) is 0 Å². The summed E-state index contributed by atoms with van der Waals surface area (Å²) in [6.07, 6.45) is 14.2. The van der Waals surface area contributed by atoms with Crippen LogP contribution in [0.2, 0.25) is 0 Å². The first-order chi connectivity index (χ1) is 11.2. The Hall–Kier alpha value is -0.770. The van der Waals surface area contributed by atoms with Gasteiger partial charge >= 0.3 is 6.03 Å². The molecule has 2 rings (SSSR count). The number of urea groups is 1. The fourth-order valence-electron chi connectivity index (χ4n) is 4.54. The van der Waals surface area contributed by atoms with Crippen LogP contribution in [-0.4, -0.2) is 36.6 Å². The van der Waals surface area contributed by atoms with Crippen molar-refractivity contribution in [1.82, 2.24) is 10.2 Å². The molecule has 0 bridgehead atoms. The van der Waals surface area contributed by atoms with Gasteiger partial charge in [-0.05, 0) is 57.0 Å². The number of rotatable bonds is 8. The van der Waals surface area contributed by atoms with E-state index in [1.54, 1.807) is 0 Å². The molecule has 0 radical (unpaired) electrons. The van der Waals surface area contributed by atoms with Crippen molar-refractivity contribution < 1.29 is 4.79 Å². The summed E-state index contributed by atoms with van der Waals surface area (Å²) < 4.78 is 0. The molecule has 1 aliphatic heterocycles. The lowest BCUT2D eigenvalue weighted by Crippen LogP contribution is -2.52. The normalized spacial score (nSPS) is 24.6. The molecule has 2 fully saturated rings. The zero-order valence-corrected chi connectivity index (χ0v) is 15.1. The minimum absolute atomic E-state index is 0.211. The average molecular weight is 324 g/mol. The Bertz CT molecular complexity index is 342. The third-order valence-electron chi connectivity index (χ3n) is 5.85. The number of primary amides is 1. The van der Waals surface area contributed by atoms with Gasteiger partial charge in [0.05, 0.1) is 0 Å². The second kappa shape index (κ2) is 10.2. The average Bonchev–Trinajstić information content (AvgIpc) is 2.58. The summed E-state index contributed by atoms with van der Waals surface area (Å²) >= 11 is 0. The molecule has 1 aliphatic carbocycles. The predicted molar refractivity (Wildman–Crippen MR) is 96.4 cm³/mol. The van der Waals surface area contributed by atoms with Crippen LogP contribution in [0.4, 0.5) is 4.79 Å². The zero-order chi connectivity index (χ0) is 16.5. The van der Waals surface area contributed by atoms with Crippen LogP contribution in [-0.2, 0) is 0 Å². The summed E-state index contributed by atoms with van der Waals surface area (Å²) in [5, 5.41) is 3.65. The van der Waals surface area contributed by atoms with Crippen LogP contribution in [0.25, 0.3) is 0 Å². The van der Waals surface area contributed by atoms with E-state index in [1.807, 2.05) is 4.90 Å². The number of amides is 2. The lowest BCUT2D eigenvalue weighted by atomic mass is 9.78. The van der Waals surface area contributed by atoms with E-state index in [0.29, 0.717) is 12.0 Å². The molecule has 2 atom stereocenters. The summed E-state index contributed by atoms with van der Waals surface area (Å²) in [5.41, 5.74) is 5.67. The van der Waals surface area contributed by atoms with Crippen LogP contribution in [0, 0.1) is 11.8 Å². The summed E-state index contributed by atoms with van der Waals surface area (Å²) in [6.45, 7) is 5.24. The van der Waals surface area contributed by atoms with E-state index in [4.69, 9.17) is 5.73 Å². The highest BCUT2D eigenvalue weighted by Gasteiger charge is 2.33. The highest BCUT2D eigenvalue weighted by atomic mass is 16.2. The minimum atomic E-state index is -0.211. The van der Waals surface area contributed by atoms with Crippen LogP contribution in [0.3, 0.4) is 0 Å². The Labute approximate surface area is 142 Å². The van der Waals surface area contributed by atoms with Gasteiger partial charge < -0.3 is 16.0 Å². The molecule has 2 aliphatic rings. The molecule has 0 aromatic heterocycles. The van der Waals surface area contributed by atoms with Gasteiger partial charge in [0.1, 0.15) is 0 Å². The van der Waals surface area contributed by atoms with Gasteiger partial charge in [0.2, 0.25) is 0 Å². The van der Waals surface area contributed by atoms with E-state index in [0.717, 1.165) is 38.4 Å². The van der Waals surface area contributed by atoms with Crippen LogP contribution >= 0.6 is 0 Å². The van der Waals surface area contributed by atoms with Crippen molar-refractivity contribution in [3.8, 4) is 0 Å². The van der Waals surface area contributed by atoms with E-state index in [2.05, 4.69) is 12.2 Å². The Balaban J connectivity index is 1.95. The van der Waals surface area contributed by atoms with Crippen molar-refractivity contribution in [2.24, 2.45) is 17.6 Å². The van der Waals surface area contributed by atoms with E-state index in [1.165, 1.54) is 57.8 Å². The smallest absolute Gasteiger partial charge is 0.315 e. The lowest BCUT2D eigenvalue weighted by Gasteiger charge is -2.41. The van der Waals surface area contributed by atoms with E-state index >= 15 is 0 Å². The number of piperidine rings is 1. The Morgan fingerprint density at radius 3 is 2.61 bits per heavy atom. The molecule has 1 saturated carbocycles. The van der Waals surface area contributed by atoms with E-state index < -0.39 is 0 Å². The van der Waals surface area contributed by atoms with Crippen molar-refractivity contribution in [2.45, 2.75) is 83.6 Å². The van der Waals surface area contributed by atoms with Gasteiger partial charge in [-0.25, -0.2) is 4.79 Å². The molecule has 3 N–H and O–H groups in total. The molecule has 0 aromatic carbocycles. The van der Waals surface area contributed by atoms with Crippen molar-refractivity contribution in [3.05, 3.63) is 0 Å². The third-order valence-corrected chi connectivity index (χ3v) is 5.85. The first kappa shape index (κ1) is 18.6. The van der Waals surface area contributed by atoms with Gasteiger partial charge in [-0.1, -0.05) is 45.4 Å². The standard InChI is InChI=1S/C19H37N3O/c1-2-3-12-21-15-17(14-16-9-5-4-6-10-16)18-11-7-8-13-22(18)19(20)23/h16-18,21H,2-15H2,1H3,(H2,20,23). The Morgan fingerprint density at radius 1 is 1.17 bits per heavy atom. The number of nitrogens with two attached hydrogens (primary N) is 1. The molecule has 0 spiro atoms. The van der Waals surface area contributed by atoms with E-state index in [9.17, 15) is 4.79 Å². The predicted octanol–water partition coefficient (Wildman–Crippen LogP) is 3.90. The largest absolute Gasteiger partial charge is 0.351 e. The summed E-state index contributed by atoms with van der Waals surface area (Å²) in [7, 11) is 0. The molecular formula is C19H37N3O. The minimum Gasteiger partial charge on any atom is -0.351 e. The number of hydrogen-bond donors (Lipinski definition) is 2. The maximum atomic E-state index is 11.9. The molecule has 0 aromatic rings. The second-order valence-corrected chi connectivity index (χ2v) is 7.65. The molecule has 1 saturated heterocycles. The number of nitrogens with one attached hydrogen (secondary N) is 1. The molecule has 2 amide bonds. The SMILES string of the molecule is CCCCNCC(CC1CCCCC1)C1CCCCN1C(N)=O. The van der Waals surface area contributed by atoms with Gasteiger partial charge in [0, 0.05) is 12.6 Å². The molecule has 4 heteroatoms. The van der Waals surface area contributed by atoms with Crippen LogP contribution in [0.1, 0.15) is 77.6 Å². The van der Waals surface area contributed by atoms with Crippen molar-refractivity contribution in [2.75, 3.05) is 19.6 Å². The van der Waals surface area contributed by atoms with Gasteiger partial charge in [-0.15, -0.1) is 0 Å². The molecule has 134 valence electrons. The summed E-state index contributed by atoms with van der Waals surface area (Å²) in [6, 6.07) is 0.147. The lowest BCUT2D eigenvalue weighted by molar-refractivity contribution is 0.107. The fourth-order valence-corrected chi connectivity index (χ4v) is 4.54. The van der Waals surface area contributed by atoms with Gasteiger partial charge in [-0.3, -0.25) is 0 Å². The highest BCUT2D eigenvalue weighted by molar-refractivity contribution is 5.72. The van der Waals surface area contributed by atoms with Crippen LogP contribution < -0.4 is 11.1 Å². The molecular weight excluding hydrogens is 286 g/mol. The number of carbonyl (C=O) groups is 1. The molecule has 4 nitrogen and oxygen atoms in total. The molecule has 2 unspecified atom stereocenters. The second-order valence-electron chi connectivity index (χ2n) is 7.65. The molecule has 1 heterocycles. The van der Waals surface area contributed by atoms with Gasteiger partial charge in [0.25, 0.3) is 0 Å². The first-order valence-corrected chi connectivity index (χ1v) is 9.99. The number of carbonyl (C=O) groups excluding carboxylic acids is 1.